The van der Waals surface area contributed by atoms with Crippen molar-refractivity contribution in [1.29, 1.82) is 0 Å². The molecule has 0 aliphatic heterocycles. The lowest BCUT2D eigenvalue weighted by Gasteiger charge is -2.28. The van der Waals surface area contributed by atoms with Gasteiger partial charge in [-0.05, 0) is 35.3 Å². The average Bonchev–Trinajstić information content (AvgIpc) is 2.22. The van der Waals surface area contributed by atoms with Gasteiger partial charge in [-0.1, -0.05) is 18.5 Å². The first-order chi connectivity index (χ1) is 7.00. The zero-order chi connectivity index (χ0) is 11.5. The molecule has 0 saturated carbocycles. The number of nitrogens with one attached hydrogen (secondary N) is 1. The first kappa shape index (κ1) is 13.1. The van der Waals surface area contributed by atoms with Gasteiger partial charge in [0.05, 0.1) is 9.50 Å². The smallest absolute Gasteiger partial charge is 0.140 e. The summed E-state index contributed by atoms with van der Waals surface area (Å²) in [6.45, 7) is 4.14. The molecule has 0 fully saturated rings. The topological polar surface area (TPSA) is 24.9 Å². The Morgan fingerprint density at radius 1 is 1.60 bits per heavy atom. The van der Waals surface area contributed by atoms with Crippen LogP contribution < -0.4 is 5.32 Å². The molecule has 0 aromatic carbocycles. The van der Waals surface area contributed by atoms with Gasteiger partial charge in [-0.2, -0.15) is 0 Å². The molecular formula is C10H13BrCl2N2. The molecule has 0 spiro atoms. The van der Waals surface area contributed by atoms with Crippen LogP contribution in [0.3, 0.4) is 0 Å². The first-order valence-corrected chi connectivity index (χ1v) is 6.36. The number of hydrogen-bond donors (Lipinski definition) is 1. The van der Waals surface area contributed by atoms with E-state index in [1.807, 2.05) is 0 Å². The van der Waals surface area contributed by atoms with E-state index < -0.39 is 0 Å². The fourth-order valence-electron chi connectivity index (χ4n) is 1.01. The molecule has 1 N–H and O–H groups in total. The predicted molar refractivity (Wildman–Crippen MR) is 70.0 cm³/mol. The molecule has 0 aliphatic carbocycles. The minimum Gasteiger partial charge on any atom is -0.363 e. The Balaban J connectivity index is 2.89. The maximum atomic E-state index is 5.91. The van der Waals surface area contributed by atoms with E-state index in [2.05, 4.69) is 40.1 Å². The standard InChI is InChI=1S/C10H13BrCl2N2/c1-3-10(2,6-12)15-9-8(11)4-7(13)5-14-9/h4-5H,3,6H2,1-2H3,(H,14,15). The van der Waals surface area contributed by atoms with Crippen molar-refractivity contribution in [2.75, 3.05) is 11.2 Å². The van der Waals surface area contributed by atoms with Crippen molar-refractivity contribution in [3.8, 4) is 0 Å². The second-order valence-electron chi connectivity index (χ2n) is 3.66. The summed E-state index contributed by atoms with van der Waals surface area (Å²) in [5, 5.41) is 3.91. The van der Waals surface area contributed by atoms with E-state index in [1.165, 1.54) is 0 Å². The van der Waals surface area contributed by atoms with Gasteiger partial charge in [-0.3, -0.25) is 0 Å². The highest BCUT2D eigenvalue weighted by Gasteiger charge is 2.21. The lowest BCUT2D eigenvalue weighted by atomic mass is 10.0. The van der Waals surface area contributed by atoms with Crippen LogP contribution in [0, 0.1) is 0 Å². The summed E-state index contributed by atoms with van der Waals surface area (Å²) in [5.74, 6) is 1.30. The molecule has 15 heavy (non-hydrogen) atoms. The van der Waals surface area contributed by atoms with Crippen LogP contribution >= 0.6 is 39.1 Å². The Bertz CT molecular complexity index is 340. The number of pyridine rings is 1. The third-order valence-electron chi connectivity index (χ3n) is 2.30. The highest BCUT2D eigenvalue weighted by molar-refractivity contribution is 9.10. The van der Waals surface area contributed by atoms with Gasteiger partial charge < -0.3 is 5.32 Å². The normalized spacial score (nSPS) is 14.7. The van der Waals surface area contributed by atoms with Gasteiger partial charge in [0.2, 0.25) is 0 Å². The summed E-state index contributed by atoms with van der Waals surface area (Å²) in [7, 11) is 0. The van der Waals surface area contributed by atoms with Crippen molar-refractivity contribution in [3.63, 3.8) is 0 Å². The molecule has 0 radical (unpaired) electrons. The van der Waals surface area contributed by atoms with Crippen LogP contribution in [-0.2, 0) is 0 Å². The van der Waals surface area contributed by atoms with Gasteiger partial charge in [0.25, 0.3) is 0 Å². The minimum atomic E-state index is -0.148. The zero-order valence-electron chi connectivity index (χ0n) is 8.65. The molecule has 5 heteroatoms. The van der Waals surface area contributed by atoms with Crippen molar-refractivity contribution in [1.82, 2.24) is 4.98 Å². The van der Waals surface area contributed by atoms with Crippen LogP contribution in [-0.4, -0.2) is 16.4 Å². The van der Waals surface area contributed by atoms with Gasteiger partial charge >= 0.3 is 0 Å². The van der Waals surface area contributed by atoms with Crippen LogP contribution in [0.4, 0.5) is 5.82 Å². The molecule has 2 nitrogen and oxygen atoms in total. The Labute approximate surface area is 108 Å². The van der Waals surface area contributed by atoms with Crippen molar-refractivity contribution in [3.05, 3.63) is 21.8 Å². The Morgan fingerprint density at radius 3 is 2.73 bits per heavy atom. The average molecular weight is 312 g/mol. The lowest BCUT2D eigenvalue weighted by Crippen LogP contribution is -2.36. The van der Waals surface area contributed by atoms with Gasteiger partial charge in [-0.25, -0.2) is 4.98 Å². The molecule has 1 heterocycles. The second-order valence-corrected chi connectivity index (χ2v) is 5.21. The summed E-state index contributed by atoms with van der Waals surface area (Å²) in [6.07, 6.45) is 2.53. The largest absolute Gasteiger partial charge is 0.363 e. The molecular weight excluding hydrogens is 299 g/mol. The first-order valence-electron chi connectivity index (χ1n) is 4.66. The number of nitrogens with zero attached hydrogens (tertiary/aromatic N) is 1. The van der Waals surface area contributed by atoms with Gasteiger partial charge in [0.1, 0.15) is 5.82 Å². The van der Waals surface area contributed by atoms with Crippen LogP contribution in [0.1, 0.15) is 20.3 Å². The number of alkyl halides is 1. The van der Waals surface area contributed by atoms with Crippen LogP contribution in [0.5, 0.6) is 0 Å². The third-order valence-corrected chi connectivity index (χ3v) is 3.70. The van der Waals surface area contributed by atoms with E-state index in [9.17, 15) is 0 Å². The molecule has 0 bridgehead atoms. The summed E-state index contributed by atoms with van der Waals surface area (Å²) in [6, 6.07) is 1.81. The molecule has 1 aromatic heterocycles. The molecule has 84 valence electrons. The summed E-state index contributed by atoms with van der Waals surface area (Å²) >= 11 is 15.1. The monoisotopic (exact) mass is 310 g/mol. The van der Waals surface area contributed by atoms with Gasteiger partial charge in [-0.15, -0.1) is 11.6 Å². The van der Waals surface area contributed by atoms with E-state index in [1.54, 1.807) is 12.3 Å². The van der Waals surface area contributed by atoms with Crippen LogP contribution in [0.15, 0.2) is 16.7 Å². The Morgan fingerprint density at radius 2 is 2.27 bits per heavy atom. The fourth-order valence-corrected chi connectivity index (χ4v) is 2.00. The number of anilines is 1. The Hall–Kier alpha value is 0.01000. The highest BCUT2D eigenvalue weighted by Crippen LogP contribution is 2.27. The SMILES string of the molecule is CCC(C)(CCl)Nc1ncc(Cl)cc1Br. The van der Waals surface area contributed by atoms with E-state index in [0.717, 1.165) is 16.7 Å². The summed E-state index contributed by atoms with van der Waals surface area (Å²) < 4.78 is 0.847. The molecule has 0 amide bonds. The van der Waals surface area contributed by atoms with E-state index in [4.69, 9.17) is 23.2 Å². The van der Waals surface area contributed by atoms with E-state index >= 15 is 0 Å². The van der Waals surface area contributed by atoms with Crippen molar-refractivity contribution >= 4 is 44.9 Å². The number of rotatable bonds is 4. The molecule has 1 aromatic rings. The summed E-state index contributed by atoms with van der Waals surface area (Å²) in [4.78, 5) is 4.21. The molecule has 1 rings (SSSR count). The maximum absolute atomic E-state index is 5.91. The van der Waals surface area contributed by atoms with Crippen molar-refractivity contribution in [2.24, 2.45) is 0 Å². The highest BCUT2D eigenvalue weighted by atomic mass is 79.9. The number of halogens is 3. The van der Waals surface area contributed by atoms with E-state index in [-0.39, 0.29) is 5.54 Å². The zero-order valence-corrected chi connectivity index (χ0v) is 11.7. The Kier molecular flexibility index (Phi) is 4.68. The fraction of sp³-hybridized carbons (Fsp3) is 0.500. The quantitative estimate of drug-likeness (QED) is 0.838. The molecule has 1 unspecified atom stereocenters. The maximum Gasteiger partial charge on any atom is 0.140 e. The van der Waals surface area contributed by atoms with Gasteiger partial charge in [0.15, 0.2) is 0 Å². The third kappa shape index (κ3) is 3.51. The minimum absolute atomic E-state index is 0.148. The van der Waals surface area contributed by atoms with Crippen molar-refractivity contribution < 1.29 is 0 Å². The molecule has 1 atom stereocenters. The van der Waals surface area contributed by atoms with Crippen LogP contribution in [0.25, 0.3) is 0 Å². The molecule has 0 aliphatic rings. The van der Waals surface area contributed by atoms with Crippen LogP contribution in [0.2, 0.25) is 5.02 Å². The predicted octanol–water partition coefficient (Wildman–Crippen LogP) is 4.32. The number of hydrogen-bond acceptors (Lipinski definition) is 2. The van der Waals surface area contributed by atoms with Gasteiger partial charge in [0, 0.05) is 17.6 Å². The summed E-state index contributed by atoms with van der Waals surface area (Å²) in [5.41, 5.74) is -0.148. The molecule has 0 saturated heterocycles. The lowest BCUT2D eigenvalue weighted by molar-refractivity contribution is 0.551. The van der Waals surface area contributed by atoms with E-state index in [0.29, 0.717) is 10.9 Å². The second kappa shape index (κ2) is 5.37. The van der Waals surface area contributed by atoms with Crippen molar-refractivity contribution in [2.45, 2.75) is 25.8 Å². The number of aromatic nitrogens is 1.